The molecule has 0 spiro atoms. The number of unbranched alkanes of at least 4 members (excludes halogenated alkanes) is 63. The van der Waals surface area contributed by atoms with Crippen LogP contribution in [-0.2, 0) is 14.3 Å². The molecule has 2 unspecified atom stereocenters. The van der Waals surface area contributed by atoms with Crippen LogP contribution < -0.4 is 5.32 Å². The van der Waals surface area contributed by atoms with E-state index in [2.05, 4.69) is 31.3 Å². The summed E-state index contributed by atoms with van der Waals surface area (Å²) in [7, 11) is 0. The summed E-state index contributed by atoms with van der Waals surface area (Å²) in [4.78, 5) is 24.6. The van der Waals surface area contributed by atoms with E-state index in [1.54, 1.807) is 6.08 Å². The van der Waals surface area contributed by atoms with Crippen LogP contribution >= 0.6 is 0 Å². The van der Waals surface area contributed by atoms with E-state index in [4.69, 9.17) is 4.74 Å². The Morgan fingerprint density at radius 2 is 0.540 bits per heavy atom. The highest BCUT2D eigenvalue weighted by molar-refractivity contribution is 5.76. The van der Waals surface area contributed by atoms with Crippen LogP contribution in [0.25, 0.3) is 0 Å². The fourth-order valence-electron chi connectivity index (χ4n) is 12.9. The van der Waals surface area contributed by atoms with Gasteiger partial charge in [0, 0.05) is 12.8 Å². The van der Waals surface area contributed by atoms with Crippen molar-refractivity contribution in [1.82, 2.24) is 5.32 Å². The number of nitrogens with one attached hydrogen (secondary N) is 1. The van der Waals surface area contributed by atoms with Gasteiger partial charge in [0.05, 0.1) is 25.4 Å². The van der Waals surface area contributed by atoms with Crippen LogP contribution in [-0.4, -0.2) is 47.4 Å². The van der Waals surface area contributed by atoms with Gasteiger partial charge in [0.25, 0.3) is 0 Å². The molecule has 3 N–H and O–H groups in total. The smallest absolute Gasteiger partial charge is 0.305 e. The molecule has 0 rings (SSSR count). The maximum Gasteiger partial charge on any atom is 0.305 e. The maximum atomic E-state index is 12.6. The molecule has 6 heteroatoms. The minimum Gasteiger partial charge on any atom is -0.466 e. The third-order valence-corrected chi connectivity index (χ3v) is 19.0. The van der Waals surface area contributed by atoms with Gasteiger partial charge in [-0.25, -0.2) is 0 Å². The lowest BCUT2D eigenvalue weighted by atomic mass is 10.0. The summed E-state index contributed by atoms with van der Waals surface area (Å²) < 4.78 is 5.48. The first kappa shape index (κ1) is 85.3. The Morgan fingerprint density at radius 3 is 0.839 bits per heavy atom. The Bertz CT molecular complexity index is 1360. The van der Waals surface area contributed by atoms with E-state index in [0.29, 0.717) is 19.4 Å². The third kappa shape index (κ3) is 73.3. The summed E-state index contributed by atoms with van der Waals surface area (Å²) in [6.45, 7) is 4.93. The topological polar surface area (TPSA) is 95.9 Å². The van der Waals surface area contributed by atoms with E-state index >= 15 is 0 Å². The molecule has 87 heavy (non-hydrogen) atoms. The molecule has 516 valence electrons. The number of carbonyl (C=O) groups is 2. The van der Waals surface area contributed by atoms with E-state index in [9.17, 15) is 19.8 Å². The van der Waals surface area contributed by atoms with E-state index in [0.717, 1.165) is 44.9 Å². The zero-order chi connectivity index (χ0) is 62.8. The highest BCUT2D eigenvalue weighted by Crippen LogP contribution is 2.20. The molecule has 0 fully saturated rings. The number of aliphatic hydroxyl groups is 2. The Kier molecular flexibility index (Phi) is 75.3. The second-order valence-corrected chi connectivity index (χ2v) is 27.8. The van der Waals surface area contributed by atoms with Crippen LogP contribution in [0, 0.1) is 0 Å². The number of carbonyl (C=O) groups excluding carboxylic acids is 2. The Morgan fingerprint density at radius 1 is 0.310 bits per heavy atom. The van der Waals surface area contributed by atoms with Gasteiger partial charge >= 0.3 is 5.97 Å². The zero-order valence-corrected chi connectivity index (χ0v) is 59.3. The van der Waals surface area contributed by atoms with Gasteiger partial charge in [0.2, 0.25) is 5.91 Å². The molecular weight excluding hydrogens is 1070 g/mol. The molecule has 6 nitrogen and oxygen atoms in total. The quantitative estimate of drug-likeness (QED) is 0.0320. The maximum absolute atomic E-state index is 12.6. The Labute approximate surface area is 545 Å². The van der Waals surface area contributed by atoms with Crippen LogP contribution in [0.3, 0.4) is 0 Å². The summed E-state index contributed by atoms with van der Waals surface area (Å²) in [5.41, 5.74) is 0. The van der Waals surface area contributed by atoms with Crippen LogP contribution in [0.4, 0.5) is 0 Å². The zero-order valence-electron chi connectivity index (χ0n) is 59.3. The number of esters is 1. The normalized spacial score (nSPS) is 12.6. The predicted molar refractivity (Wildman–Crippen MR) is 384 cm³/mol. The van der Waals surface area contributed by atoms with Crippen molar-refractivity contribution in [2.24, 2.45) is 0 Å². The van der Waals surface area contributed by atoms with Crippen LogP contribution in [0.2, 0.25) is 0 Å². The molecule has 1 amide bonds. The van der Waals surface area contributed by atoms with Crippen LogP contribution in [0.15, 0.2) is 24.3 Å². The molecule has 2 atom stereocenters. The van der Waals surface area contributed by atoms with Crippen molar-refractivity contribution >= 4 is 11.9 Å². The molecule has 0 saturated carbocycles. The summed E-state index contributed by atoms with van der Waals surface area (Å²) in [5, 5.41) is 23.3. The monoisotopic (exact) mass is 1220 g/mol. The van der Waals surface area contributed by atoms with Crippen molar-refractivity contribution < 1.29 is 24.5 Å². The number of hydrogen-bond acceptors (Lipinski definition) is 5. The lowest BCUT2D eigenvalue weighted by molar-refractivity contribution is -0.143. The van der Waals surface area contributed by atoms with Gasteiger partial charge in [0.1, 0.15) is 0 Å². The fourth-order valence-corrected chi connectivity index (χ4v) is 12.9. The van der Waals surface area contributed by atoms with Crippen LogP contribution in [0.5, 0.6) is 0 Å². The predicted octanol–water partition coefficient (Wildman–Crippen LogP) is 26.4. The molecule has 0 aromatic carbocycles. The minimum absolute atomic E-state index is 0.0122. The molecule has 0 radical (unpaired) electrons. The van der Waals surface area contributed by atoms with E-state index in [-0.39, 0.29) is 18.5 Å². The van der Waals surface area contributed by atoms with Crippen molar-refractivity contribution in [3.63, 3.8) is 0 Å². The summed E-state index contributed by atoms with van der Waals surface area (Å²) in [6, 6.07) is -0.625. The summed E-state index contributed by atoms with van der Waals surface area (Å²) >= 11 is 0. The largest absolute Gasteiger partial charge is 0.466 e. The Balaban J connectivity index is 3.35. The van der Waals surface area contributed by atoms with E-state index in [1.165, 1.54) is 385 Å². The third-order valence-electron chi connectivity index (χ3n) is 19.0. The number of allylic oxidation sites excluding steroid dienone is 3. The fraction of sp³-hybridized carbons (Fsp3) is 0.926. The number of ether oxygens (including phenoxy) is 1. The molecule has 0 aliphatic carbocycles. The van der Waals surface area contributed by atoms with Gasteiger partial charge in [-0.05, 0) is 57.8 Å². The number of amides is 1. The average molecular weight is 1230 g/mol. The van der Waals surface area contributed by atoms with Gasteiger partial charge in [0.15, 0.2) is 0 Å². The van der Waals surface area contributed by atoms with Crippen molar-refractivity contribution in [3.8, 4) is 0 Å². The molecule has 0 saturated heterocycles. The SMILES string of the molecule is CCCCC/C=C\CCCCCCCC(=O)OCCCCCCCCCCCCCCCCCCCCCCCCCCCCCCCCCCCC(=O)NC(CO)C(O)/C=C/CCCCCCCCCCCCCCCCCCCCCCCCC. The van der Waals surface area contributed by atoms with E-state index in [1.807, 2.05) is 6.08 Å². The van der Waals surface area contributed by atoms with Gasteiger partial charge in [-0.15, -0.1) is 0 Å². The molecule has 0 aliphatic heterocycles. The number of hydrogen-bond donors (Lipinski definition) is 3. The highest BCUT2D eigenvalue weighted by Gasteiger charge is 2.18. The van der Waals surface area contributed by atoms with Crippen molar-refractivity contribution in [3.05, 3.63) is 24.3 Å². The Hall–Kier alpha value is -1.66. The van der Waals surface area contributed by atoms with Crippen molar-refractivity contribution in [2.45, 2.75) is 469 Å². The molecule has 0 bridgehead atoms. The molecular formula is C81H157NO5. The first-order valence-electron chi connectivity index (χ1n) is 40.1. The lowest BCUT2D eigenvalue weighted by Gasteiger charge is -2.20. The van der Waals surface area contributed by atoms with Crippen LogP contribution in [0.1, 0.15) is 457 Å². The van der Waals surface area contributed by atoms with Crippen molar-refractivity contribution in [1.29, 1.82) is 0 Å². The average Bonchev–Trinajstić information content (AvgIpc) is 3.52. The molecule has 0 aromatic rings. The minimum atomic E-state index is -0.843. The van der Waals surface area contributed by atoms with Gasteiger partial charge < -0.3 is 20.3 Å². The van der Waals surface area contributed by atoms with Gasteiger partial charge in [-0.1, -0.05) is 411 Å². The van der Waals surface area contributed by atoms with Gasteiger partial charge in [-0.3, -0.25) is 9.59 Å². The summed E-state index contributed by atoms with van der Waals surface area (Å²) in [6.07, 6.45) is 98.8. The first-order valence-corrected chi connectivity index (χ1v) is 40.1. The van der Waals surface area contributed by atoms with Crippen molar-refractivity contribution in [2.75, 3.05) is 13.2 Å². The summed E-state index contributed by atoms with van der Waals surface area (Å²) in [5.74, 6) is -0.0454. The molecule has 0 aliphatic rings. The lowest BCUT2D eigenvalue weighted by Crippen LogP contribution is -2.45. The number of rotatable bonds is 76. The highest BCUT2D eigenvalue weighted by atomic mass is 16.5. The van der Waals surface area contributed by atoms with E-state index < -0.39 is 12.1 Å². The van der Waals surface area contributed by atoms with Gasteiger partial charge in [-0.2, -0.15) is 0 Å². The standard InChI is InChI=1S/C81H157NO5/c1-3-5-7-9-11-13-15-17-18-19-20-21-22-32-35-38-41-44-47-50-53-57-61-65-69-73-79(84)78(77-83)82-80(85)74-70-66-62-58-54-51-48-45-42-39-36-33-30-28-26-24-23-25-27-29-31-34-37-40-43-46-49-52-56-60-64-68-72-76-87-81(86)75-71-67-63-59-55-16-14-12-10-8-6-4-2/h12,14,69,73,78-79,83-84H,3-11,13,15-68,70-72,74-77H2,1-2H3,(H,82,85)/b14-12-,73-69+. The molecule has 0 aromatic heterocycles. The molecule has 0 heterocycles. The number of aliphatic hydroxyl groups excluding tert-OH is 2. The second kappa shape index (κ2) is 76.8. The first-order chi connectivity index (χ1) is 43.0. The second-order valence-electron chi connectivity index (χ2n) is 27.8.